The van der Waals surface area contributed by atoms with Crippen molar-refractivity contribution in [3.63, 3.8) is 0 Å². The molecule has 1 aliphatic heterocycles. The monoisotopic (exact) mass is 225 g/mol. The molecule has 82 valence electrons. The molecule has 0 aliphatic carbocycles. The minimum absolute atomic E-state index is 0.141. The maximum absolute atomic E-state index is 11.9. The Hall–Kier alpha value is -0.870. The van der Waals surface area contributed by atoms with Crippen LogP contribution in [0.25, 0.3) is 0 Å². The van der Waals surface area contributed by atoms with E-state index in [1.165, 1.54) is 0 Å². The maximum Gasteiger partial charge on any atom is 0.191 e. The fraction of sp³-hybridized carbons (Fsp3) is 0.455. The number of sulfone groups is 1. The highest BCUT2D eigenvalue weighted by Crippen LogP contribution is 2.25. The van der Waals surface area contributed by atoms with Crippen LogP contribution in [0.1, 0.15) is 19.4 Å². The lowest BCUT2D eigenvalue weighted by Gasteiger charge is -2.31. The molecule has 3 nitrogen and oxygen atoms in total. The molecule has 0 atom stereocenters. The van der Waals surface area contributed by atoms with Gasteiger partial charge in [-0.3, -0.25) is 4.90 Å². The second kappa shape index (κ2) is 3.61. The SMILES string of the molecule is CC(C)N1Cc2ccccc2S(=O)(=O)C1. The number of fused-ring (bicyclic) bond motifs is 1. The molecule has 0 unspecified atom stereocenters. The van der Waals surface area contributed by atoms with Gasteiger partial charge in [0, 0.05) is 12.6 Å². The van der Waals surface area contributed by atoms with Crippen LogP contribution in [-0.2, 0) is 16.4 Å². The Morgan fingerprint density at radius 3 is 2.60 bits per heavy atom. The van der Waals surface area contributed by atoms with Gasteiger partial charge in [-0.2, -0.15) is 0 Å². The van der Waals surface area contributed by atoms with Crippen molar-refractivity contribution in [2.45, 2.75) is 31.3 Å². The van der Waals surface area contributed by atoms with Gasteiger partial charge in [0.25, 0.3) is 0 Å². The average molecular weight is 225 g/mol. The van der Waals surface area contributed by atoms with Crippen LogP contribution in [0.3, 0.4) is 0 Å². The smallest absolute Gasteiger partial charge is 0.191 e. The summed E-state index contributed by atoms with van der Waals surface area (Å²) in [6.45, 7) is 4.76. The normalized spacial score (nSPS) is 20.2. The molecule has 0 fully saturated rings. The number of benzene rings is 1. The van der Waals surface area contributed by atoms with Crippen molar-refractivity contribution >= 4 is 9.84 Å². The number of nitrogens with zero attached hydrogens (tertiary/aromatic N) is 1. The first-order valence-corrected chi connectivity index (χ1v) is 6.70. The van der Waals surface area contributed by atoms with Gasteiger partial charge in [-0.15, -0.1) is 0 Å². The Kier molecular flexibility index (Phi) is 2.56. The molecule has 1 aromatic carbocycles. The van der Waals surface area contributed by atoms with E-state index in [9.17, 15) is 8.42 Å². The summed E-state index contributed by atoms with van der Waals surface area (Å²) < 4.78 is 23.9. The Bertz CT molecular complexity index is 465. The molecular formula is C11H15NO2S. The number of hydrogen-bond donors (Lipinski definition) is 0. The van der Waals surface area contributed by atoms with Gasteiger partial charge in [0.05, 0.1) is 4.90 Å². The Balaban J connectivity index is 2.49. The predicted molar refractivity (Wildman–Crippen MR) is 59.2 cm³/mol. The summed E-state index contributed by atoms with van der Waals surface area (Å²) in [4.78, 5) is 2.47. The molecule has 0 saturated carbocycles. The van der Waals surface area contributed by atoms with Gasteiger partial charge < -0.3 is 0 Å². The third-order valence-corrected chi connectivity index (χ3v) is 4.49. The van der Waals surface area contributed by atoms with Crippen molar-refractivity contribution in [3.05, 3.63) is 29.8 Å². The van der Waals surface area contributed by atoms with Gasteiger partial charge in [0.2, 0.25) is 0 Å². The summed E-state index contributed by atoms with van der Waals surface area (Å²) >= 11 is 0. The zero-order chi connectivity index (χ0) is 11.1. The third-order valence-electron chi connectivity index (χ3n) is 2.75. The van der Waals surface area contributed by atoms with Gasteiger partial charge in [-0.1, -0.05) is 18.2 Å². The van der Waals surface area contributed by atoms with Crippen LogP contribution in [0, 0.1) is 0 Å². The van der Waals surface area contributed by atoms with Crippen molar-refractivity contribution < 1.29 is 8.42 Å². The van der Waals surface area contributed by atoms with Crippen LogP contribution < -0.4 is 0 Å². The van der Waals surface area contributed by atoms with Crippen molar-refractivity contribution in [1.29, 1.82) is 0 Å². The van der Waals surface area contributed by atoms with Crippen LogP contribution in [0.4, 0.5) is 0 Å². The van der Waals surface area contributed by atoms with Crippen LogP contribution in [0.15, 0.2) is 29.2 Å². The Morgan fingerprint density at radius 2 is 1.93 bits per heavy atom. The molecule has 0 spiro atoms. The molecule has 4 heteroatoms. The van der Waals surface area contributed by atoms with E-state index >= 15 is 0 Å². The summed E-state index contributed by atoms with van der Waals surface area (Å²) in [5.74, 6) is 0.141. The molecule has 0 radical (unpaired) electrons. The van der Waals surface area contributed by atoms with Crippen LogP contribution in [0.2, 0.25) is 0 Å². The quantitative estimate of drug-likeness (QED) is 0.729. The first-order valence-electron chi connectivity index (χ1n) is 5.05. The predicted octanol–water partition coefficient (Wildman–Crippen LogP) is 1.64. The Labute approximate surface area is 90.6 Å². The van der Waals surface area contributed by atoms with Crippen LogP contribution in [0.5, 0.6) is 0 Å². The van der Waals surface area contributed by atoms with Gasteiger partial charge in [0.1, 0.15) is 5.88 Å². The summed E-state index contributed by atoms with van der Waals surface area (Å²) in [6, 6.07) is 7.51. The zero-order valence-electron chi connectivity index (χ0n) is 8.97. The molecule has 0 aromatic heterocycles. The second-order valence-corrected chi connectivity index (χ2v) is 6.12. The van der Waals surface area contributed by atoms with Crippen LogP contribution >= 0.6 is 0 Å². The molecule has 0 amide bonds. The van der Waals surface area contributed by atoms with E-state index in [0.29, 0.717) is 4.90 Å². The molecule has 1 aliphatic rings. The van der Waals surface area contributed by atoms with Crippen molar-refractivity contribution in [2.24, 2.45) is 0 Å². The molecular weight excluding hydrogens is 210 g/mol. The topological polar surface area (TPSA) is 37.4 Å². The number of rotatable bonds is 1. The molecule has 1 aromatic rings. The van der Waals surface area contributed by atoms with Gasteiger partial charge in [-0.05, 0) is 25.5 Å². The highest BCUT2D eigenvalue weighted by Gasteiger charge is 2.29. The van der Waals surface area contributed by atoms with E-state index in [4.69, 9.17) is 0 Å². The number of hydrogen-bond acceptors (Lipinski definition) is 3. The summed E-state index contributed by atoms with van der Waals surface area (Å²) in [6.07, 6.45) is 0. The van der Waals surface area contributed by atoms with Crippen LogP contribution in [-0.4, -0.2) is 25.2 Å². The largest absolute Gasteiger partial charge is 0.283 e. The van der Waals surface area contributed by atoms with E-state index in [0.717, 1.165) is 12.1 Å². The van der Waals surface area contributed by atoms with E-state index in [1.54, 1.807) is 12.1 Å². The summed E-state index contributed by atoms with van der Waals surface area (Å²) in [5, 5.41) is 0. The van der Waals surface area contributed by atoms with E-state index in [1.807, 2.05) is 30.9 Å². The fourth-order valence-electron chi connectivity index (χ4n) is 1.82. The molecule has 2 rings (SSSR count). The first kappa shape index (κ1) is 10.6. The highest BCUT2D eigenvalue weighted by molar-refractivity contribution is 7.91. The molecule has 0 N–H and O–H groups in total. The third kappa shape index (κ3) is 1.92. The minimum Gasteiger partial charge on any atom is -0.283 e. The van der Waals surface area contributed by atoms with E-state index in [-0.39, 0.29) is 11.9 Å². The van der Waals surface area contributed by atoms with Gasteiger partial charge in [-0.25, -0.2) is 8.42 Å². The molecule has 1 heterocycles. The Morgan fingerprint density at radius 1 is 1.27 bits per heavy atom. The average Bonchev–Trinajstić information content (AvgIpc) is 2.16. The lowest BCUT2D eigenvalue weighted by molar-refractivity contribution is 0.239. The first-order chi connectivity index (χ1) is 7.00. The van der Waals surface area contributed by atoms with Crippen molar-refractivity contribution in [2.75, 3.05) is 5.88 Å². The fourth-order valence-corrected chi connectivity index (χ4v) is 3.60. The molecule has 15 heavy (non-hydrogen) atoms. The second-order valence-electron chi connectivity index (χ2n) is 4.19. The highest BCUT2D eigenvalue weighted by atomic mass is 32.2. The maximum atomic E-state index is 11.9. The lowest BCUT2D eigenvalue weighted by atomic mass is 10.2. The zero-order valence-corrected chi connectivity index (χ0v) is 9.79. The summed E-state index contributed by atoms with van der Waals surface area (Å²) in [5.41, 5.74) is 0.914. The summed E-state index contributed by atoms with van der Waals surface area (Å²) in [7, 11) is -3.11. The van der Waals surface area contributed by atoms with Crippen molar-refractivity contribution in [3.8, 4) is 0 Å². The lowest BCUT2D eigenvalue weighted by Crippen LogP contribution is -2.39. The van der Waals surface area contributed by atoms with Gasteiger partial charge >= 0.3 is 0 Å². The molecule has 0 saturated heterocycles. The van der Waals surface area contributed by atoms with Crippen molar-refractivity contribution in [1.82, 2.24) is 4.90 Å². The van der Waals surface area contributed by atoms with E-state index < -0.39 is 9.84 Å². The van der Waals surface area contributed by atoms with E-state index in [2.05, 4.69) is 0 Å². The van der Waals surface area contributed by atoms with Gasteiger partial charge in [0.15, 0.2) is 9.84 Å². The molecule has 0 bridgehead atoms. The minimum atomic E-state index is -3.11. The standard InChI is InChI=1S/C11H15NO2S/c1-9(2)12-7-10-5-3-4-6-11(10)15(13,14)8-12/h3-6,9H,7-8H2,1-2H3.